The maximum Gasteiger partial charge on any atom is 0.323 e. The van der Waals surface area contributed by atoms with E-state index < -0.39 is 15.6 Å². The van der Waals surface area contributed by atoms with Gasteiger partial charge in [0, 0.05) is 0 Å². The fourth-order valence-corrected chi connectivity index (χ4v) is 1.76. The number of phosphoric acid groups is 2. The van der Waals surface area contributed by atoms with Gasteiger partial charge in [0.2, 0.25) is 0 Å². The van der Waals surface area contributed by atoms with Gasteiger partial charge in [-0.05, 0) is 12.0 Å². The highest BCUT2D eigenvalue weighted by molar-refractivity contribution is 7.58. The van der Waals surface area contributed by atoms with Gasteiger partial charge in [0.05, 0.1) is 14.1 Å². The Bertz CT molecular complexity index is 290. The van der Waals surface area contributed by atoms with Gasteiger partial charge in [-0.1, -0.05) is 13.8 Å². The Balaban J connectivity index is 4.23. The van der Waals surface area contributed by atoms with Crippen molar-refractivity contribution in [3.63, 3.8) is 0 Å². The molecule has 0 fully saturated rings. The first-order valence-corrected chi connectivity index (χ1v) is 6.44. The molecule has 1 unspecified atom stereocenters. The molecule has 0 aromatic heterocycles. The first kappa shape index (κ1) is 13.8. The van der Waals surface area contributed by atoms with Gasteiger partial charge in [-0.25, -0.2) is 0 Å². The van der Waals surface area contributed by atoms with Crippen LogP contribution in [0.25, 0.3) is 0 Å². The van der Waals surface area contributed by atoms with Crippen molar-refractivity contribution >= 4 is 15.6 Å². The Labute approximate surface area is 81.2 Å². The largest absolute Gasteiger partial charge is 0.789 e. The summed E-state index contributed by atoms with van der Waals surface area (Å²) < 4.78 is 27.6. The summed E-state index contributed by atoms with van der Waals surface area (Å²) in [7, 11) is -10.7. The van der Waals surface area contributed by atoms with E-state index in [2.05, 4.69) is 8.83 Å². The third-order valence-corrected chi connectivity index (χ3v) is 2.83. The fourth-order valence-electron chi connectivity index (χ4n) is 0.409. The zero-order valence-corrected chi connectivity index (χ0v) is 9.27. The molecule has 0 rings (SSSR count). The average molecular weight is 243 g/mol. The lowest BCUT2D eigenvalue weighted by Gasteiger charge is -2.34. The summed E-state index contributed by atoms with van der Waals surface area (Å²) in [6, 6.07) is 0. The summed E-state index contributed by atoms with van der Waals surface area (Å²) in [6.07, 6.45) is 2.09. The SMILES string of the molecule is CC(C)C=COP(=O)([O-])OP(=O)([O-])[O-]. The molecule has 7 nitrogen and oxygen atoms in total. The molecule has 0 N–H and O–H groups in total. The molecule has 0 aliphatic carbocycles. The van der Waals surface area contributed by atoms with Gasteiger partial charge in [-0.3, -0.25) is 8.88 Å². The van der Waals surface area contributed by atoms with Crippen LogP contribution in [-0.2, 0) is 18.0 Å². The van der Waals surface area contributed by atoms with Crippen LogP contribution in [0.15, 0.2) is 12.3 Å². The lowest BCUT2D eigenvalue weighted by Crippen LogP contribution is -2.18. The Morgan fingerprint density at radius 2 is 1.71 bits per heavy atom. The van der Waals surface area contributed by atoms with E-state index >= 15 is 0 Å². The number of phosphoric ester groups is 1. The quantitative estimate of drug-likeness (QED) is 0.470. The summed E-state index contributed by atoms with van der Waals surface area (Å²) in [5.41, 5.74) is 0. The number of hydrogen-bond donors (Lipinski definition) is 0. The Morgan fingerprint density at radius 3 is 2.07 bits per heavy atom. The molecule has 14 heavy (non-hydrogen) atoms. The highest BCUT2D eigenvalue weighted by atomic mass is 31.3. The summed E-state index contributed by atoms with van der Waals surface area (Å²) in [4.78, 5) is 30.4. The van der Waals surface area contributed by atoms with Crippen LogP contribution in [0.3, 0.4) is 0 Å². The Morgan fingerprint density at radius 1 is 1.21 bits per heavy atom. The van der Waals surface area contributed by atoms with E-state index in [1.165, 1.54) is 6.08 Å². The number of rotatable bonds is 5. The smallest absolute Gasteiger partial charge is 0.323 e. The molecule has 0 saturated heterocycles. The lowest BCUT2D eigenvalue weighted by molar-refractivity contribution is -0.339. The maximum atomic E-state index is 10.6. The van der Waals surface area contributed by atoms with E-state index in [0.717, 1.165) is 6.26 Å². The normalized spacial score (nSPS) is 17.3. The molecule has 0 heterocycles. The second kappa shape index (κ2) is 5.07. The monoisotopic (exact) mass is 243 g/mol. The lowest BCUT2D eigenvalue weighted by atomic mass is 10.2. The number of hydrogen-bond acceptors (Lipinski definition) is 7. The predicted octanol–water partition coefficient (Wildman–Crippen LogP) is -0.514. The molecule has 0 aliphatic rings. The molecule has 84 valence electrons. The van der Waals surface area contributed by atoms with E-state index in [1.807, 2.05) is 0 Å². The summed E-state index contributed by atoms with van der Waals surface area (Å²) in [5, 5.41) is 0. The van der Waals surface area contributed by atoms with Crippen LogP contribution in [0.1, 0.15) is 13.8 Å². The zero-order chi connectivity index (χ0) is 11.4. The van der Waals surface area contributed by atoms with Crippen LogP contribution in [-0.4, -0.2) is 0 Å². The van der Waals surface area contributed by atoms with Crippen LogP contribution >= 0.6 is 15.6 Å². The molecule has 0 bridgehead atoms. The summed E-state index contributed by atoms with van der Waals surface area (Å²) >= 11 is 0. The average Bonchev–Trinajstić information content (AvgIpc) is 1.78. The predicted molar refractivity (Wildman–Crippen MR) is 41.4 cm³/mol. The van der Waals surface area contributed by atoms with Gasteiger partial charge in [0.15, 0.2) is 0 Å². The molecule has 0 radical (unpaired) electrons. The van der Waals surface area contributed by atoms with E-state index in [1.54, 1.807) is 13.8 Å². The topological polar surface area (TPSA) is 122 Å². The van der Waals surface area contributed by atoms with Crippen molar-refractivity contribution in [2.24, 2.45) is 5.92 Å². The molecule has 0 aliphatic heterocycles. The van der Waals surface area contributed by atoms with Crippen molar-refractivity contribution in [1.29, 1.82) is 0 Å². The minimum atomic E-state index is -5.59. The second-order valence-corrected chi connectivity index (χ2v) is 5.31. The van der Waals surface area contributed by atoms with Gasteiger partial charge in [0.1, 0.15) is 0 Å². The Hall–Kier alpha value is -0.160. The van der Waals surface area contributed by atoms with Gasteiger partial charge in [-0.15, -0.1) is 0 Å². The van der Waals surface area contributed by atoms with Gasteiger partial charge in [0.25, 0.3) is 0 Å². The number of allylic oxidation sites excluding steroid dienone is 1. The molecule has 0 amide bonds. The second-order valence-electron chi connectivity index (χ2n) is 2.65. The highest BCUT2D eigenvalue weighted by Crippen LogP contribution is 2.50. The molecule has 0 saturated carbocycles. The Kier molecular flexibility index (Phi) is 5.01. The van der Waals surface area contributed by atoms with Crippen molar-refractivity contribution in [3.8, 4) is 0 Å². The fraction of sp³-hybridized carbons (Fsp3) is 0.600. The van der Waals surface area contributed by atoms with Gasteiger partial charge in [-0.2, -0.15) is 0 Å². The van der Waals surface area contributed by atoms with Crippen molar-refractivity contribution < 1.29 is 32.6 Å². The van der Waals surface area contributed by atoms with E-state index in [-0.39, 0.29) is 5.92 Å². The molecule has 1 atom stereocenters. The standard InChI is InChI=1S/C5H12O7P2/c1-5(2)3-4-11-14(9,10)12-13(6,7)8/h3-5H,1-2H3,(H,9,10)(H2,6,7,8)/p-3. The van der Waals surface area contributed by atoms with Gasteiger partial charge < -0.3 is 23.8 Å². The van der Waals surface area contributed by atoms with E-state index in [4.69, 9.17) is 0 Å². The zero-order valence-electron chi connectivity index (χ0n) is 7.48. The van der Waals surface area contributed by atoms with E-state index in [9.17, 15) is 23.8 Å². The van der Waals surface area contributed by atoms with Crippen molar-refractivity contribution in [3.05, 3.63) is 12.3 Å². The minimum absolute atomic E-state index is 0.0151. The van der Waals surface area contributed by atoms with Crippen LogP contribution in [0.5, 0.6) is 0 Å². The first-order valence-electron chi connectivity index (χ1n) is 3.52. The van der Waals surface area contributed by atoms with Crippen molar-refractivity contribution in [2.45, 2.75) is 13.8 Å². The molecule has 0 aromatic carbocycles. The first-order chi connectivity index (χ1) is 6.12. The molecule has 9 heteroatoms. The van der Waals surface area contributed by atoms with Gasteiger partial charge >= 0.3 is 7.82 Å². The molecular formula is C5H9O7P2-3. The third kappa shape index (κ3) is 8.44. The van der Waals surface area contributed by atoms with Crippen LogP contribution in [0, 0.1) is 5.92 Å². The van der Waals surface area contributed by atoms with Crippen molar-refractivity contribution in [2.75, 3.05) is 0 Å². The van der Waals surface area contributed by atoms with Crippen LogP contribution in [0.4, 0.5) is 0 Å². The third-order valence-electron chi connectivity index (χ3n) is 0.853. The van der Waals surface area contributed by atoms with E-state index in [0.29, 0.717) is 0 Å². The van der Waals surface area contributed by atoms with Crippen LogP contribution < -0.4 is 14.7 Å². The molecular weight excluding hydrogens is 234 g/mol. The molecule has 0 aromatic rings. The highest BCUT2D eigenvalue weighted by Gasteiger charge is 2.10. The van der Waals surface area contributed by atoms with Crippen molar-refractivity contribution in [1.82, 2.24) is 0 Å². The minimum Gasteiger partial charge on any atom is -0.789 e. The van der Waals surface area contributed by atoms with Crippen LogP contribution in [0.2, 0.25) is 0 Å². The maximum absolute atomic E-state index is 10.6. The summed E-state index contributed by atoms with van der Waals surface area (Å²) in [6.45, 7) is 3.48. The molecule has 0 spiro atoms. The summed E-state index contributed by atoms with van der Waals surface area (Å²) in [5.74, 6) is 0.0151.